The zero-order valence-electron chi connectivity index (χ0n) is 17.2. The second kappa shape index (κ2) is 7.54. The van der Waals surface area contributed by atoms with Crippen molar-refractivity contribution in [3.63, 3.8) is 0 Å². The summed E-state index contributed by atoms with van der Waals surface area (Å²) in [4.78, 5) is 39.7. The van der Waals surface area contributed by atoms with Crippen LogP contribution < -0.4 is 4.90 Å². The number of carbonyl (C=O) groups is 2. The van der Waals surface area contributed by atoms with E-state index in [1.807, 2.05) is 18.3 Å². The monoisotopic (exact) mass is 417 g/mol. The van der Waals surface area contributed by atoms with Crippen molar-refractivity contribution < 1.29 is 14.7 Å². The highest BCUT2D eigenvalue weighted by Crippen LogP contribution is 2.37. The van der Waals surface area contributed by atoms with Crippen molar-refractivity contribution >= 4 is 34.7 Å². The Bertz CT molecular complexity index is 1200. The fraction of sp³-hybridized carbons (Fsp3) is 0.304. The standard InChI is InChI=1S/C23H23N5O3/c1-14-12-27(23(31)18-4-7-24-11-20(18)30)9-6-16(14)19-10-21(28(13-29)15-2-3-15)26-22-17(19)5-8-25-22/h4-8,10-11,13-15,30H,2-3,9,12H2,1H3,(H,25,26). The molecule has 1 aliphatic heterocycles. The molecule has 1 fully saturated rings. The molecule has 8 heteroatoms. The van der Waals surface area contributed by atoms with Crippen LogP contribution in [0.15, 0.2) is 42.9 Å². The Morgan fingerprint density at radius 1 is 1.35 bits per heavy atom. The highest BCUT2D eigenvalue weighted by Gasteiger charge is 2.32. The van der Waals surface area contributed by atoms with E-state index in [0.717, 1.165) is 41.4 Å². The Morgan fingerprint density at radius 2 is 2.19 bits per heavy atom. The predicted molar refractivity (Wildman–Crippen MR) is 117 cm³/mol. The van der Waals surface area contributed by atoms with E-state index in [9.17, 15) is 14.7 Å². The third-order valence-electron chi connectivity index (χ3n) is 6.02. The lowest BCUT2D eigenvalue weighted by Crippen LogP contribution is -2.38. The van der Waals surface area contributed by atoms with Crippen LogP contribution in [0.5, 0.6) is 5.75 Å². The number of carbonyl (C=O) groups excluding carboxylic acids is 2. The topological polar surface area (TPSA) is 102 Å². The van der Waals surface area contributed by atoms with Gasteiger partial charge in [0.05, 0.1) is 11.8 Å². The van der Waals surface area contributed by atoms with Gasteiger partial charge in [0.15, 0.2) is 0 Å². The summed E-state index contributed by atoms with van der Waals surface area (Å²) in [5.41, 5.74) is 3.15. The van der Waals surface area contributed by atoms with Gasteiger partial charge < -0.3 is 15.0 Å². The molecule has 4 heterocycles. The largest absolute Gasteiger partial charge is 0.505 e. The smallest absolute Gasteiger partial charge is 0.258 e. The Morgan fingerprint density at radius 3 is 2.90 bits per heavy atom. The number of rotatable bonds is 5. The van der Waals surface area contributed by atoms with Crippen LogP contribution in [0.25, 0.3) is 16.6 Å². The highest BCUT2D eigenvalue weighted by molar-refractivity contribution is 5.98. The van der Waals surface area contributed by atoms with Gasteiger partial charge in [-0.15, -0.1) is 0 Å². The van der Waals surface area contributed by atoms with E-state index in [-0.39, 0.29) is 29.2 Å². The van der Waals surface area contributed by atoms with E-state index < -0.39 is 0 Å². The van der Waals surface area contributed by atoms with Crippen molar-refractivity contribution in [2.75, 3.05) is 18.0 Å². The van der Waals surface area contributed by atoms with Gasteiger partial charge in [0, 0.05) is 36.9 Å². The van der Waals surface area contributed by atoms with Crippen molar-refractivity contribution in [2.24, 2.45) is 5.92 Å². The molecule has 2 aliphatic rings. The van der Waals surface area contributed by atoms with Gasteiger partial charge in [0.25, 0.3) is 5.91 Å². The molecule has 1 saturated carbocycles. The normalized spacial score (nSPS) is 18.7. The van der Waals surface area contributed by atoms with Crippen LogP contribution in [-0.4, -0.2) is 56.4 Å². The van der Waals surface area contributed by atoms with Crippen LogP contribution in [0, 0.1) is 5.92 Å². The van der Waals surface area contributed by atoms with Gasteiger partial charge in [-0.3, -0.25) is 19.5 Å². The fourth-order valence-electron chi connectivity index (χ4n) is 4.27. The van der Waals surface area contributed by atoms with Crippen LogP contribution in [0.3, 0.4) is 0 Å². The number of nitrogens with zero attached hydrogens (tertiary/aromatic N) is 4. The highest BCUT2D eigenvalue weighted by atomic mass is 16.3. The maximum atomic E-state index is 12.9. The Labute approximate surface area is 179 Å². The van der Waals surface area contributed by atoms with Gasteiger partial charge in [-0.25, -0.2) is 4.98 Å². The van der Waals surface area contributed by atoms with Crippen molar-refractivity contribution in [3.8, 4) is 5.75 Å². The zero-order chi connectivity index (χ0) is 21.5. The molecule has 3 aromatic rings. The maximum absolute atomic E-state index is 12.9. The fourth-order valence-corrected chi connectivity index (χ4v) is 4.27. The number of aromatic hydroxyl groups is 1. The zero-order valence-corrected chi connectivity index (χ0v) is 17.2. The van der Waals surface area contributed by atoms with Gasteiger partial charge in [-0.2, -0.15) is 0 Å². The first kappa shape index (κ1) is 19.3. The summed E-state index contributed by atoms with van der Waals surface area (Å²) in [5.74, 6) is 0.387. The Kier molecular flexibility index (Phi) is 4.69. The molecule has 1 aliphatic carbocycles. The number of H-pyrrole nitrogens is 1. The molecule has 1 unspecified atom stereocenters. The molecule has 0 spiro atoms. The second-order valence-electron chi connectivity index (χ2n) is 8.18. The molecule has 158 valence electrons. The number of pyridine rings is 2. The number of hydrogen-bond donors (Lipinski definition) is 2. The van der Waals surface area contributed by atoms with Crippen molar-refractivity contribution in [1.29, 1.82) is 0 Å². The van der Waals surface area contributed by atoms with Gasteiger partial charge >= 0.3 is 0 Å². The number of aromatic amines is 1. The molecule has 2 N–H and O–H groups in total. The van der Waals surface area contributed by atoms with E-state index in [4.69, 9.17) is 0 Å². The molecule has 0 radical (unpaired) electrons. The average Bonchev–Trinajstić information content (AvgIpc) is 3.49. The maximum Gasteiger partial charge on any atom is 0.258 e. The first-order chi connectivity index (χ1) is 15.1. The lowest BCUT2D eigenvalue weighted by molar-refractivity contribution is -0.107. The summed E-state index contributed by atoms with van der Waals surface area (Å²) < 4.78 is 0. The number of hydrogen-bond acceptors (Lipinski definition) is 5. The van der Waals surface area contributed by atoms with Gasteiger partial charge in [0.2, 0.25) is 6.41 Å². The van der Waals surface area contributed by atoms with E-state index in [1.165, 1.54) is 18.5 Å². The SMILES string of the molecule is CC1CN(C(=O)c2ccncc2O)CC=C1c1cc(N(C=O)C2CC2)nc2[nH]ccc12. The van der Waals surface area contributed by atoms with E-state index >= 15 is 0 Å². The molecule has 3 aromatic heterocycles. The number of amides is 2. The van der Waals surface area contributed by atoms with Crippen LogP contribution in [-0.2, 0) is 4.79 Å². The van der Waals surface area contributed by atoms with E-state index in [1.54, 1.807) is 9.80 Å². The second-order valence-corrected chi connectivity index (χ2v) is 8.18. The molecule has 0 bridgehead atoms. The quantitative estimate of drug-likeness (QED) is 0.622. The predicted octanol–water partition coefficient (Wildman–Crippen LogP) is 2.96. The summed E-state index contributed by atoms with van der Waals surface area (Å²) in [7, 11) is 0. The van der Waals surface area contributed by atoms with Crippen molar-refractivity contribution in [2.45, 2.75) is 25.8 Å². The number of nitrogens with one attached hydrogen (secondary N) is 1. The molecule has 2 amide bonds. The summed E-state index contributed by atoms with van der Waals surface area (Å²) in [6.45, 7) is 3.04. The van der Waals surface area contributed by atoms with Crippen LogP contribution in [0.2, 0.25) is 0 Å². The number of aromatic nitrogens is 3. The molecule has 8 nitrogen and oxygen atoms in total. The number of anilines is 1. The van der Waals surface area contributed by atoms with Crippen LogP contribution >= 0.6 is 0 Å². The van der Waals surface area contributed by atoms with Crippen molar-refractivity contribution in [3.05, 3.63) is 54.0 Å². The minimum atomic E-state index is -0.217. The molecule has 0 saturated heterocycles. The summed E-state index contributed by atoms with van der Waals surface area (Å²) in [6, 6.07) is 5.73. The first-order valence-corrected chi connectivity index (χ1v) is 10.4. The molecule has 5 rings (SSSR count). The van der Waals surface area contributed by atoms with Crippen LogP contribution in [0.1, 0.15) is 35.7 Å². The summed E-state index contributed by atoms with van der Waals surface area (Å²) >= 11 is 0. The minimum Gasteiger partial charge on any atom is -0.505 e. The lowest BCUT2D eigenvalue weighted by atomic mass is 9.89. The van der Waals surface area contributed by atoms with Crippen LogP contribution in [0.4, 0.5) is 5.82 Å². The third-order valence-corrected chi connectivity index (χ3v) is 6.02. The van der Waals surface area contributed by atoms with E-state index in [2.05, 4.69) is 28.0 Å². The molecule has 0 aromatic carbocycles. The Hall–Kier alpha value is -3.68. The summed E-state index contributed by atoms with van der Waals surface area (Å²) in [6.07, 6.45) is 9.54. The third kappa shape index (κ3) is 3.43. The van der Waals surface area contributed by atoms with Crippen molar-refractivity contribution in [1.82, 2.24) is 19.9 Å². The Balaban J connectivity index is 1.49. The lowest BCUT2D eigenvalue weighted by Gasteiger charge is -2.32. The molecular formula is C23H23N5O3. The van der Waals surface area contributed by atoms with E-state index in [0.29, 0.717) is 18.9 Å². The van der Waals surface area contributed by atoms with Gasteiger partial charge in [-0.05, 0) is 48.1 Å². The molecule has 1 atom stereocenters. The number of fused-ring (bicyclic) bond motifs is 1. The molecule has 31 heavy (non-hydrogen) atoms. The summed E-state index contributed by atoms with van der Waals surface area (Å²) in [5, 5.41) is 11.0. The first-order valence-electron chi connectivity index (χ1n) is 10.4. The van der Waals surface area contributed by atoms with Gasteiger partial charge in [0.1, 0.15) is 17.2 Å². The van der Waals surface area contributed by atoms with Gasteiger partial charge in [-0.1, -0.05) is 13.0 Å². The minimum absolute atomic E-state index is 0.0700. The average molecular weight is 417 g/mol. The molecular weight excluding hydrogens is 394 g/mol.